The Balaban J connectivity index is 1.92. The van der Waals surface area contributed by atoms with Crippen LogP contribution in [0.4, 0.5) is 5.82 Å². The number of hydrogen-bond acceptors (Lipinski definition) is 5. The molecular weight excluding hydrogens is 272 g/mol. The summed E-state index contributed by atoms with van der Waals surface area (Å²) in [6, 6.07) is 1.93. The lowest BCUT2D eigenvalue weighted by molar-refractivity contribution is -0.117. The van der Waals surface area contributed by atoms with Crippen LogP contribution in [0.25, 0.3) is 0 Å². The Bertz CT molecular complexity index is 589. The Labute approximate surface area is 122 Å². The van der Waals surface area contributed by atoms with E-state index in [0.29, 0.717) is 18.7 Å². The number of aryl methyl sites for hydroxylation is 1. The van der Waals surface area contributed by atoms with E-state index in [1.165, 1.54) is 4.68 Å². The zero-order valence-corrected chi connectivity index (χ0v) is 12.2. The lowest BCUT2D eigenvalue weighted by Crippen LogP contribution is -2.21. The summed E-state index contributed by atoms with van der Waals surface area (Å²) in [6.45, 7) is 4.20. The van der Waals surface area contributed by atoms with Gasteiger partial charge >= 0.3 is 0 Å². The summed E-state index contributed by atoms with van der Waals surface area (Å²) in [6.07, 6.45) is 4.66. The predicted octanol–water partition coefficient (Wildman–Crippen LogP) is 0.619. The average molecular weight is 292 g/mol. The fourth-order valence-corrected chi connectivity index (χ4v) is 1.94. The molecule has 0 radical (unpaired) electrons. The fraction of sp³-hybridized carbons (Fsp3) is 0.538. The summed E-state index contributed by atoms with van der Waals surface area (Å²) >= 11 is 0. The fourth-order valence-electron chi connectivity index (χ4n) is 1.94. The monoisotopic (exact) mass is 292 g/mol. The number of hydrogen-bond donors (Lipinski definition) is 2. The van der Waals surface area contributed by atoms with Crippen molar-refractivity contribution in [3.8, 4) is 0 Å². The van der Waals surface area contributed by atoms with Gasteiger partial charge in [0.15, 0.2) is 0 Å². The van der Waals surface area contributed by atoms with Crippen LogP contribution in [0.2, 0.25) is 0 Å². The summed E-state index contributed by atoms with van der Waals surface area (Å²) in [5, 5.41) is 23.6. The Morgan fingerprint density at radius 2 is 2.29 bits per heavy atom. The third-order valence-corrected chi connectivity index (χ3v) is 2.91. The highest BCUT2D eigenvalue weighted by molar-refractivity contribution is 5.89. The molecule has 2 N–H and O–H groups in total. The van der Waals surface area contributed by atoms with Gasteiger partial charge in [0.05, 0.1) is 11.9 Å². The zero-order chi connectivity index (χ0) is 15.2. The standard InChI is InChI=1S/C13H20N6O2/c1-10(2)19-12(5-6-14-19)15-13(21)9-18-8-11(16-17-18)4-3-7-20/h5-6,8,10,20H,3-4,7,9H2,1-2H3,(H,15,21). The highest BCUT2D eigenvalue weighted by atomic mass is 16.2. The zero-order valence-electron chi connectivity index (χ0n) is 12.2. The van der Waals surface area contributed by atoms with Crippen LogP contribution in [-0.4, -0.2) is 42.4 Å². The van der Waals surface area contributed by atoms with E-state index in [9.17, 15) is 4.79 Å². The van der Waals surface area contributed by atoms with Gasteiger partial charge in [-0.05, 0) is 26.7 Å². The van der Waals surface area contributed by atoms with Crippen molar-refractivity contribution >= 4 is 11.7 Å². The molecule has 2 rings (SSSR count). The molecule has 0 fully saturated rings. The lowest BCUT2D eigenvalue weighted by atomic mass is 10.3. The highest BCUT2D eigenvalue weighted by Gasteiger charge is 2.11. The summed E-state index contributed by atoms with van der Waals surface area (Å²) in [5.41, 5.74) is 0.768. The van der Waals surface area contributed by atoms with Gasteiger partial charge in [-0.1, -0.05) is 5.21 Å². The van der Waals surface area contributed by atoms with E-state index in [2.05, 4.69) is 20.7 Å². The van der Waals surface area contributed by atoms with Gasteiger partial charge in [0, 0.05) is 24.9 Å². The smallest absolute Gasteiger partial charge is 0.247 e. The van der Waals surface area contributed by atoms with Crippen molar-refractivity contribution in [1.82, 2.24) is 24.8 Å². The van der Waals surface area contributed by atoms with Crippen molar-refractivity contribution in [1.29, 1.82) is 0 Å². The molecule has 2 heterocycles. The highest BCUT2D eigenvalue weighted by Crippen LogP contribution is 2.12. The van der Waals surface area contributed by atoms with Crippen LogP contribution in [0.5, 0.6) is 0 Å². The second-order valence-corrected chi connectivity index (χ2v) is 5.04. The number of aliphatic hydroxyl groups excluding tert-OH is 1. The second kappa shape index (κ2) is 6.98. The van der Waals surface area contributed by atoms with E-state index in [0.717, 1.165) is 5.69 Å². The molecule has 0 aliphatic carbocycles. The summed E-state index contributed by atoms with van der Waals surface area (Å²) in [5.74, 6) is 0.478. The Morgan fingerprint density at radius 1 is 1.48 bits per heavy atom. The molecule has 0 spiro atoms. The second-order valence-electron chi connectivity index (χ2n) is 5.04. The molecule has 0 atom stereocenters. The number of carbonyl (C=O) groups is 1. The normalized spacial score (nSPS) is 11.0. The van der Waals surface area contributed by atoms with Crippen molar-refractivity contribution in [3.63, 3.8) is 0 Å². The molecule has 8 heteroatoms. The van der Waals surface area contributed by atoms with Crippen molar-refractivity contribution in [2.75, 3.05) is 11.9 Å². The number of nitrogens with one attached hydrogen (secondary N) is 1. The van der Waals surface area contributed by atoms with Gasteiger partial charge in [-0.3, -0.25) is 4.79 Å². The van der Waals surface area contributed by atoms with Crippen molar-refractivity contribution < 1.29 is 9.90 Å². The van der Waals surface area contributed by atoms with Crippen LogP contribution in [0.15, 0.2) is 18.5 Å². The van der Waals surface area contributed by atoms with Crippen molar-refractivity contribution in [2.45, 2.75) is 39.3 Å². The topological polar surface area (TPSA) is 97.9 Å². The maximum absolute atomic E-state index is 12.0. The number of aliphatic hydroxyl groups is 1. The van der Waals surface area contributed by atoms with Gasteiger partial charge in [0.2, 0.25) is 5.91 Å². The van der Waals surface area contributed by atoms with Gasteiger partial charge in [-0.15, -0.1) is 5.10 Å². The summed E-state index contributed by atoms with van der Waals surface area (Å²) in [7, 11) is 0. The third-order valence-electron chi connectivity index (χ3n) is 2.91. The first-order valence-corrected chi connectivity index (χ1v) is 6.93. The van der Waals surface area contributed by atoms with Gasteiger partial charge < -0.3 is 10.4 Å². The molecule has 0 saturated heterocycles. The largest absolute Gasteiger partial charge is 0.396 e. The molecular formula is C13H20N6O2. The van der Waals surface area contributed by atoms with E-state index >= 15 is 0 Å². The van der Waals surface area contributed by atoms with Crippen molar-refractivity contribution in [3.05, 3.63) is 24.2 Å². The summed E-state index contributed by atoms with van der Waals surface area (Å²) < 4.78 is 3.23. The average Bonchev–Trinajstić information content (AvgIpc) is 3.05. The Hall–Kier alpha value is -2.22. The minimum atomic E-state index is -0.184. The van der Waals surface area contributed by atoms with Gasteiger partial charge in [-0.2, -0.15) is 5.10 Å². The van der Waals surface area contributed by atoms with Crippen LogP contribution in [0.3, 0.4) is 0 Å². The third kappa shape index (κ3) is 4.12. The number of carbonyl (C=O) groups excluding carboxylic acids is 1. The number of rotatable bonds is 7. The lowest BCUT2D eigenvalue weighted by Gasteiger charge is -2.11. The SMILES string of the molecule is CC(C)n1nccc1NC(=O)Cn1cc(CCCO)nn1. The van der Waals surface area contributed by atoms with Gasteiger partial charge in [-0.25, -0.2) is 9.36 Å². The molecule has 0 saturated carbocycles. The van der Waals surface area contributed by atoms with E-state index < -0.39 is 0 Å². The molecule has 1 amide bonds. The minimum Gasteiger partial charge on any atom is -0.396 e. The van der Waals surface area contributed by atoms with Crippen molar-refractivity contribution in [2.24, 2.45) is 0 Å². The number of aromatic nitrogens is 5. The molecule has 0 bridgehead atoms. The van der Waals surface area contributed by atoms with E-state index in [-0.39, 0.29) is 25.1 Å². The van der Waals surface area contributed by atoms with Crippen LogP contribution in [-0.2, 0) is 17.8 Å². The number of anilines is 1. The number of nitrogens with zero attached hydrogens (tertiary/aromatic N) is 5. The van der Waals surface area contributed by atoms with Crippen LogP contribution in [0, 0.1) is 0 Å². The molecule has 0 aliphatic rings. The molecule has 114 valence electrons. The van der Waals surface area contributed by atoms with E-state index in [4.69, 9.17) is 5.11 Å². The number of amides is 1. The maximum Gasteiger partial charge on any atom is 0.247 e. The Morgan fingerprint density at radius 3 is 3.00 bits per heavy atom. The minimum absolute atomic E-state index is 0.0927. The maximum atomic E-state index is 12.0. The molecule has 21 heavy (non-hydrogen) atoms. The van der Waals surface area contributed by atoms with Gasteiger partial charge in [0.25, 0.3) is 0 Å². The molecule has 2 aromatic heterocycles. The summed E-state index contributed by atoms with van der Waals surface area (Å²) in [4.78, 5) is 12.0. The Kier molecular flexibility index (Phi) is 5.04. The predicted molar refractivity (Wildman–Crippen MR) is 76.7 cm³/mol. The molecule has 0 aliphatic heterocycles. The van der Waals surface area contributed by atoms with E-state index in [1.54, 1.807) is 23.1 Å². The van der Waals surface area contributed by atoms with Crippen LogP contribution in [0.1, 0.15) is 32.0 Å². The first-order valence-electron chi connectivity index (χ1n) is 6.93. The van der Waals surface area contributed by atoms with Gasteiger partial charge in [0.1, 0.15) is 12.4 Å². The van der Waals surface area contributed by atoms with Crippen LogP contribution >= 0.6 is 0 Å². The quantitative estimate of drug-likeness (QED) is 0.779. The molecule has 0 unspecified atom stereocenters. The van der Waals surface area contributed by atoms with E-state index in [1.807, 2.05) is 13.8 Å². The molecule has 2 aromatic rings. The molecule has 8 nitrogen and oxygen atoms in total. The molecule has 0 aromatic carbocycles. The first-order chi connectivity index (χ1) is 10.1. The van der Waals surface area contributed by atoms with Crippen LogP contribution < -0.4 is 5.32 Å². The first kappa shape index (κ1) is 15.2.